The van der Waals surface area contributed by atoms with Crippen molar-refractivity contribution in [3.8, 4) is 5.75 Å². The van der Waals surface area contributed by atoms with Gasteiger partial charge in [-0.05, 0) is 45.5 Å². The Hall–Kier alpha value is -1.55. The lowest BCUT2D eigenvalue weighted by molar-refractivity contribution is -0.138. The van der Waals surface area contributed by atoms with E-state index in [4.69, 9.17) is 9.84 Å². The predicted octanol–water partition coefficient (Wildman–Crippen LogP) is 2.38. The van der Waals surface area contributed by atoms with E-state index in [0.717, 1.165) is 11.3 Å². The van der Waals surface area contributed by atoms with E-state index in [-0.39, 0.29) is 12.1 Å². The number of carboxylic acid groups (broad SMARTS) is 1. The average Bonchev–Trinajstić information content (AvgIpc) is 2.17. The van der Waals surface area contributed by atoms with E-state index in [1.165, 1.54) is 0 Å². The zero-order valence-electron chi connectivity index (χ0n) is 11.4. The third kappa shape index (κ3) is 5.68. The highest BCUT2D eigenvalue weighted by Crippen LogP contribution is 2.18. The SMILES string of the molecule is CN(CC(=O)O)Cc1ccc(OC(C)(C)C)cc1. The van der Waals surface area contributed by atoms with Crippen LogP contribution in [0.25, 0.3) is 0 Å². The second-order valence-electron chi connectivity index (χ2n) is 5.42. The van der Waals surface area contributed by atoms with Crippen molar-refractivity contribution in [1.82, 2.24) is 4.90 Å². The second kappa shape index (κ2) is 5.87. The number of hydrogen-bond acceptors (Lipinski definition) is 3. The molecule has 1 N–H and O–H groups in total. The molecule has 0 bridgehead atoms. The molecule has 0 radical (unpaired) electrons. The molecule has 0 aliphatic heterocycles. The van der Waals surface area contributed by atoms with Crippen LogP contribution >= 0.6 is 0 Å². The van der Waals surface area contributed by atoms with Gasteiger partial charge in [0, 0.05) is 6.54 Å². The predicted molar refractivity (Wildman–Crippen MR) is 70.8 cm³/mol. The van der Waals surface area contributed by atoms with Gasteiger partial charge >= 0.3 is 5.97 Å². The minimum Gasteiger partial charge on any atom is -0.488 e. The number of ether oxygens (including phenoxy) is 1. The van der Waals surface area contributed by atoms with Gasteiger partial charge in [0.05, 0.1) is 6.54 Å². The van der Waals surface area contributed by atoms with Crippen LogP contribution in [0.1, 0.15) is 26.3 Å². The molecule has 4 heteroatoms. The zero-order chi connectivity index (χ0) is 13.8. The molecule has 1 aromatic carbocycles. The van der Waals surface area contributed by atoms with Crippen LogP contribution in [0.4, 0.5) is 0 Å². The van der Waals surface area contributed by atoms with Crippen molar-refractivity contribution in [2.24, 2.45) is 0 Å². The van der Waals surface area contributed by atoms with E-state index in [2.05, 4.69) is 0 Å². The third-order valence-corrected chi connectivity index (χ3v) is 2.21. The smallest absolute Gasteiger partial charge is 0.317 e. The lowest BCUT2D eigenvalue weighted by atomic mass is 10.1. The van der Waals surface area contributed by atoms with Crippen LogP contribution in [0.15, 0.2) is 24.3 Å². The summed E-state index contributed by atoms with van der Waals surface area (Å²) in [6.07, 6.45) is 0. The molecule has 1 rings (SSSR count). The fourth-order valence-corrected chi connectivity index (χ4v) is 1.61. The Morgan fingerprint density at radius 2 is 1.83 bits per heavy atom. The van der Waals surface area contributed by atoms with Crippen molar-refractivity contribution in [2.45, 2.75) is 32.9 Å². The van der Waals surface area contributed by atoms with Crippen LogP contribution in [0.5, 0.6) is 5.75 Å². The molecule has 4 nitrogen and oxygen atoms in total. The molecule has 0 heterocycles. The summed E-state index contributed by atoms with van der Waals surface area (Å²) >= 11 is 0. The number of nitrogens with zero attached hydrogens (tertiary/aromatic N) is 1. The van der Waals surface area contributed by atoms with Crippen molar-refractivity contribution in [2.75, 3.05) is 13.6 Å². The van der Waals surface area contributed by atoms with E-state index < -0.39 is 5.97 Å². The standard InChI is InChI=1S/C14H21NO3/c1-14(2,3)18-12-7-5-11(6-8-12)9-15(4)10-13(16)17/h5-8H,9-10H2,1-4H3,(H,16,17). The highest BCUT2D eigenvalue weighted by Gasteiger charge is 2.11. The molecule has 0 saturated heterocycles. The minimum atomic E-state index is -0.815. The van der Waals surface area contributed by atoms with Crippen molar-refractivity contribution in [1.29, 1.82) is 0 Å². The molecule has 1 aromatic rings. The Kier molecular flexibility index (Phi) is 4.73. The first-order valence-corrected chi connectivity index (χ1v) is 5.94. The Labute approximate surface area is 108 Å². The van der Waals surface area contributed by atoms with Crippen LogP contribution in [0.3, 0.4) is 0 Å². The second-order valence-corrected chi connectivity index (χ2v) is 5.42. The van der Waals surface area contributed by atoms with Gasteiger partial charge in [-0.25, -0.2) is 0 Å². The number of benzene rings is 1. The van der Waals surface area contributed by atoms with Gasteiger partial charge < -0.3 is 9.84 Å². The Morgan fingerprint density at radius 1 is 1.28 bits per heavy atom. The molecule has 0 aliphatic carbocycles. The Bertz CT molecular complexity index is 392. The Morgan fingerprint density at radius 3 is 2.28 bits per heavy atom. The summed E-state index contributed by atoms with van der Waals surface area (Å²) in [5, 5.41) is 8.67. The fourth-order valence-electron chi connectivity index (χ4n) is 1.61. The van der Waals surface area contributed by atoms with Gasteiger partial charge in [-0.2, -0.15) is 0 Å². The average molecular weight is 251 g/mol. The van der Waals surface area contributed by atoms with Gasteiger partial charge in [0.1, 0.15) is 11.4 Å². The van der Waals surface area contributed by atoms with Crippen LogP contribution in [0.2, 0.25) is 0 Å². The molecule has 18 heavy (non-hydrogen) atoms. The van der Waals surface area contributed by atoms with Gasteiger partial charge in [0.15, 0.2) is 0 Å². The molecule has 0 aromatic heterocycles. The van der Waals surface area contributed by atoms with E-state index in [1.54, 1.807) is 11.9 Å². The summed E-state index contributed by atoms with van der Waals surface area (Å²) in [6, 6.07) is 7.74. The maximum Gasteiger partial charge on any atom is 0.317 e. The molecule has 0 fully saturated rings. The number of carbonyl (C=O) groups is 1. The summed E-state index contributed by atoms with van der Waals surface area (Å²) in [4.78, 5) is 12.3. The highest BCUT2D eigenvalue weighted by molar-refractivity contribution is 5.69. The van der Waals surface area contributed by atoms with E-state index in [9.17, 15) is 4.79 Å². The van der Waals surface area contributed by atoms with Crippen LogP contribution in [-0.2, 0) is 11.3 Å². The summed E-state index contributed by atoms with van der Waals surface area (Å²) in [5.41, 5.74) is 0.863. The molecule has 0 spiro atoms. The third-order valence-electron chi connectivity index (χ3n) is 2.21. The quantitative estimate of drug-likeness (QED) is 0.873. The first-order valence-electron chi connectivity index (χ1n) is 5.94. The van der Waals surface area contributed by atoms with Crippen LogP contribution < -0.4 is 4.74 Å². The normalized spacial score (nSPS) is 11.6. The lowest BCUT2D eigenvalue weighted by Gasteiger charge is -2.21. The van der Waals surface area contributed by atoms with Crippen LogP contribution in [-0.4, -0.2) is 35.2 Å². The molecule has 0 amide bonds. The number of aliphatic carboxylic acids is 1. The van der Waals surface area contributed by atoms with E-state index in [0.29, 0.717) is 6.54 Å². The molecule has 0 saturated carbocycles. The molecular formula is C14H21NO3. The van der Waals surface area contributed by atoms with Crippen LogP contribution in [0, 0.1) is 0 Å². The molecule has 0 unspecified atom stereocenters. The lowest BCUT2D eigenvalue weighted by Crippen LogP contribution is -2.25. The van der Waals surface area contributed by atoms with Gasteiger partial charge in [0.2, 0.25) is 0 Å². The first kappa shape index (κ1) is 14.5. The maximum atomic E-state index is 10.5. The Balaban J connectivity index is 2.57. The van der Waals surface area contributed by atoms with Gasteiger partial charge in [0.25, 0.3) is 0 Å². The molecular weight excluding hydrogens is 230 g/mol. The summed E-state index contributed by atoms with van der Waals surface area (Å²) in [7, 11) is 1.79. The van der Waals surface area contributed by atoms with E-state index >= 15 is 0 Å². The number of hydrogen-bond donors (Lipinski definition) is 1. The van der Waals surface area contributed by atoms with Crippen molar-refractivity contribution in [3.05, 3.63) is 29.8 Å². The van der Waals surface area contributed by atoms with Crippen molar-refractivity contribution >= 4 is 5.97 Å². The number of rotatable bonds is 5. The molecule has 0 aliphatic rings. The molecule has 100 valence electrons. The summed E-state index contributed by atoms with van der Waals surface area (Å²) < 4.78 is 5.72. The van der Waals surface area contributed by atoms with Gasteiger partial charge in [-0.15, -0.1) is 0 Å². The summed E-state index contributed by atoms with van der Waals surface area (Å²) in [5.74, 6) is 0.0114. The number of likely N-dealkylation sites (N-methyl/N-ethyl adjacent to an activating group) is 1. The van der Waals surface area contributed by atoms with Crippen molar-refractivity contribution in [3.63, 3.8) is 0 Å². The maximum absolute atomic E-state index is 10.5. The topological polar surface area (TPSA) is 49.8 Å². The highest BCUT2D eigenvalue weighted by atomic mass is 16.5. The van der Waals surface area contributed by atoms with Gasteiger partial charge in [-0.3, -0.25) is 9.69 Å². The molecule has 0 atom stereocenters. The van der Waals surface area contributed by atoms with Gasteiger partial charge in [-0.1, -0.05) is 12.1 Å². The zero-order valence-corrected chi connectivity index (χ0v) is 11.4. The number of carboxylic acids is 1. The first-order chi connectivity index (χ1) is 8.26. The monoisotopic (exact) mass is 251 g/mol. The largest absolute Gasteiger partial charge is 0.488 e. The fraction of sp³-hybridized carbons (Fsp3) is 0.500. The van der Waals surface area contributed by atoms with Crippen molar-refractivity contribution < 1.29 is 14.6 Å². The summed E-state index contributed by atoms with van der Waals surface area (Å²) in [6.45, 7) is 6.66. The minimum absolute atomic E-state index is 0.0419. The van der Waals surface area contributed by atoms with E-state index in [1.807, 2.05) is 45.0 Å².